The van der Waals surface area contributed by atoms with Crippen molar-refractivity contribution in [3.63, 3.8) is 0 Å². The maximum absolute atomic E-state index is 10.4. The quantitative estimate of drug-likeness (QED) is 0.728. The van der Waals surface area contributed by atoms with E-state index in [1.807, 2.05) is 26.2 Å². The van der Waals surface area contributed by atoms with Gasteiger partial charge < -0.3 is 10.2 Å². The summed E-state index contributed by atoms with van der Waals surface area (Å²) in [5.41, 5.74) is 1.26. The minimum Gasteiger partial charge on any atom is -0.382 e. The number of likely N-dealkylation sites (N-methyl/N-ethyl adjacent to an activating group) is 1. The lowest BCUT2D eigenvalue weighted by Crippen LogP contribution is -2.20. The molecule has 76 valence electrons. The molecule has 0 amide bonds. The van der Waals surface area contributed by atoms with Gasteiger partial charge in [-0.15, -0.1) is 4.91 Å². The topological polar surface area (TPSA) is 44.7 Å². The Bertz CT molecular complexity index is 299. The second-order valence-corrected chi connectivity index (χ2v) is 3.34. The molecule has 0 aromatic heterocycles. The molecule has 0 aliphatic heterocycles. The van der Waals surface area contributed by atoms with Crippen molar-refractivity contribution in [2.45, 2.75) is 0 Å². The molecule has 0 heterocycles. The molecule has 0 unspecified atom stereocenters. The third-order valence-electron chi connectivity index (χ3n) is 1.88. The van der Waals surface area contributed by atoms with Crippen LogP contribution >= 0.6 is 0 Å². The van der Waals surface area contributed by atoms with Crippen LogP contribution in [0.3, 0.4) is 0 Å². The second kappa shape index (κ2) is 5.34. The van der Waals surface area contributed by atoms with Crippen LogP contribution in [-0.2, 0) is 0 Å². The van der Waals surface area contributed by atoms with Gasteiger partial charge in [0.15, 0.2) is 0 Å². The Morgan fingerprint density at radius 2 is 2.07 bits per heavy atom. The van der Waals surface area contributed by atoms with Crippen LogP contribution in [0.2, 0.25) is 0 Å². The van der Waals surface area contributed by atoms with Gasteiger partial charge in [-0.05, 0) is 31.4 Å². The van der Waals surface area contributed by atoms with Crippen LogP contribution in [0.25, 0.3) is 0 Å². The van der Waals surface area contributed by atoms with Gasteiger partial charge in [0, 0.05) is 13.1 Å². The van der Waals surface area contributed by atoms with Crippen LogP contribution in [0, 0.1) is 4.91 Å². The second-order valence-electron chi connectivity index (χ2n) is 3.34. The lowest BCUT2D eigenvalue weighted by Gasteiger charge is -2.11. The van der Waals surface area contributed by atoms with Crippen molar-refractivity contribution in [2.24, 2.45) is 5.18 Å². The maximum atomic E-state index is 10.4. The molecule has 4 heteroatoms. The van der Waals surface area contributed by atoms with Gasteiger partial charge in [-0.3, -0.25) is 0 Å². The molecule has 0 spiro atoms. The van der Waals surface area contributed by atoms with Crippen molar-refractivity contribution in [1.29, 1.82) is 0 Å². The first-order chi connectivity index (χ1) is 6.74. The van der Waals surface area contributed by atoms with Crippen LogP contribution in [-0.4, -0.2) is 32.1 Å². The van der Waals surface area contributed by atoms with Crippen LogP contribution in [0.5, 0.6) is 0 Å². The summed E-state index contributed by atoms with van der Waals surface area (Å²) in [7, 11) is 4.01. The summed E-state index contributed by atoms with van der Waals surface area (Å²) in [6, 6.07) is 7.23. The van der Waals surface area contributed by atoms with Gasteiger partial charge in [-0.1, -0.05) is 12.1 Å². The molecule has 1 aromatic carbocycles. The summed E-state index contributed by atoms with van der Waals surface area (Å²) in [4.78, 5) is 12.5. The Morgan fingerprint density at radius 1 is 1.36 bits per heavy atom. The number of benzene rings is 1. The molecule has 0 aliphatic rings. The Morgan fingerprint density at radius 3 is 2.71 bits per heavy atom. The zero-order chi connectivity index (χ0) is 10.4. The van der Waals surface area contributed by atoms with E-state index < -0.39 is 0 Å². The average Bonchev–Trinajstić information content (AvgIpc) is 2.18. The maximum Gasteiger partial charge on any atom is 0.131 e. The number of nitrogens with one attached hydrogen (secondary N) is 1. The summed E-state index contributed by atoms with van der Waals surface area (Å²) in [5, 5.41) is 6.10. The summed E-state index contributed by atoms with van der Waals surface area (Å²) >= 11 is 0. The van der Waals surface area contributed by atoms with Crippen LogP contribution < -0.4 is 5.32 Å². The summed E-state index contributed by atoms with van der Waals surface area (Å²) in [6.45, 7) is 1.73. The molecule has 0 saturated carbocycles. The molecule has 4 nitrogen and oxygen atoms in total. The first kappa shape index (κ1) is 10.7. The third kappa shape index (κ3) is 3.14. The largest absolute Gasteiger partial charge is 0.382 e. The number of hydrogen-bond acceptors (Lipinski definition) is 4. The normalized spacial score (nSPS) is 10.2. The van der Waals surface area contributed by atoms with Crippen LogP contribution in [0.4, 0.5) is 11.4 Å². The Kier molecular flexibility index (Phi) is 4.07. The summed E-state index contributed by atoms with van der Waals surface area (Å²) in [5.74, 6) is 0. The summed E-state index contributed by atoms with van der Waals surface area (Å²) < 4.78 is 0. The van der Waals surface area contributed by atoms with Gasteiger partial charge in [-0.25, -0.2) is 0 Å². The molecule has 1 N–H and O–H groups in total. The zero-order valence-electron chi connectivity index (χ0n) is 8.53. The van der Waals surface area contributed by atoms with Gasteiger partial charge in [0.25, 0.3) is 0 Å². The number of para-hydroxylation sites is 1. The van der Waals surface area contributed by atoms with E-state index in [4.69, 9.17) is 0 Å². The molecule has 1 rings (SSSR count). The highest BCUT2D eigenvalue weighted by molar-refractivity contribution is 5.64. The number of rotatable bonds is 5. The fraction of sp³-hybridized carbons (Fsp3) is 0.400. The van der Waals surface area contributed by atoms with Gasteiger partial charge >= 0.3 is 0 Å². The predicted molar refractivity (Wildman–Crippen MR) is 58.9 cm³/mol. The molecule has 0 aliphatic carbocycles. The Balaban J connectivity index is 2.53. The number of hydrogen-bond donors (Lipinski definition) is 1. The van der Waals surface area contributed by atoms with E-state index in [1.54, 1.807) is 12.1 Å². The first-order valence-electron chi connectivity index (χ1n) is 4.55. The van der Waals surface area contributed by atoms with E-state index >= 15 is 0 Å². The SMILES string of the molecule is CN(C)CCNc1ccccc1N=O. The fourth-order valence-electron chi connectivity index (χ4n) is 1.12. The number of nitroso groups, excluding NO2 is 1. The molecule has 0 saturated heterocycles. The van der Waals surface area contributed by atoms with E-state index in [2.05, 4.69) is 15.4 Å². The average molecular weight is 193 g/mol. The highest BCUT2D eigenvalue weighted by Gasteiger charge is 1.99. The molecule has 0 fully saturated rings. The molecule has 0 atom stereocenters. The smallest absolute Gasteiger partial charge is 0.131 e. The molecule has 1 aromatic rings. The Hall–Kier alpha value is -1.42. The summed E-state index contributed by atoms with van der Waals surface area (Å²) in [6.07, 6.45) is 0. The van der Waals surface area contributed by atoms with Gasteiger partial charge in [-0.2, -0.15) is 0 Å². The molecule has 0 bridgehead atoms. The van der Waals surface area contributed by atoms with E-state index in [-0.39, 0.29) is 0 Å². The van der Waals surface area contributed by atoms with Crippen LogP contribution in [0.15, 0.2) is 29.4 Å². The van der Waals surface area contributed by atoms with Crippen molar-refractivity contribution in [3.05, 3.63) is 29.2 Å². The van der Waals surface area contributed by atoms with Crippen molar-refractivity contribution >= 4 is 11.4 Å². The Labute approximate surface area is 83.9 Å². The van der Waals surface area contributed by atoms with Gasteiger partial charge in [0.05, 0.1) is 5.69 Å². The van der Waals surface area contributed by atoms with E-state index in [1.165, 1.54) is 0 Å². The van der Waals surface area contributed by atoms with E-state index in [9.17, 15) is 4.91 Å². The van der Waals surface area contributed by atoms with E-state index in [0.717, 1.165) is 18.8 Å². The first-order valence-corrected chi connectivity index (χ1v) is 4.55. The minimum atomic E-state index is 0.464. The number of anilines is 1. The highest BCUT2D eigenvalue weighted by atomic mass is 16.3. The minimum absolute atomic E-state index is 0.464. The van der Waals surface area contributed by atoms with Crippen molar-refractivity contribution in [1.82, 2.24) is 4.90 Å². The van der Waals surface area contributed by atoms with Gasteiger partial charge in [0.1, 0.15) is 5.69 Å². The lowest BCUT2D eigenvalue weighted by molar-refractivity contribution is 0.425. The standard InChI is InChI=1S/C10H15N3O/c1-13(2)8-7-11-9-5-3-4-6-10(9)12-14/h3-6,11H,7-8H2,1-2H3. The highest BCUT2D eigenvalue weighted by Crippen LogP contribution is 2.23. The fourth-order valence-corrected chi connectivity index (χ4v) is 1.12. The zero-order valence-corrected chi connectivity index (χ0v) is 8.53. The third-order valence-corrected chi connectivity index (χ3v) is 1.88. The molecule has 14 heavy (non-hydrogen) atoms. The van der Waals surface area contributed by atoms with Crippen molar-refractivity contribution < 1.29 is 0 Å². The van der Waals surface area contributed by atoms with Crippen molar-refractivity contribution in [2.75, 3.05) is 32.5 Å². The van der Waals surface area contributed by atoms with Crippen molar-refractivity contribution in [3.8, 4) is 0 Å². The van der Waals surface area contributed by atoms with E-state index in [0.29, 0.717) is 5.69 Å². The van der Waals surface area contributed by atoms with Crippen LogP contribution in [0.1, 0.15) is 0 Å². The van der Waals surface area contributed by atoms with Gasteiger partial charge in [0.2, 0.25) is 0 Å². The molecular weight excluding hydrogens is 178 g/mol. The lowest BCUT2D eigenvalue weighted by atomic mass is 10.2. The molecule has 0 radical (unpaired) electrons. The molecular formula is C10H15N3O. The monoisotopic (exact) mass is 193 g/mol. The number of nitrogens with zero attached hydrogens (tertiary/aromatic N) is 2. The predicted octanol–water partition coefficient (Wildman–Crippen LogP) is 2.06.